The molecule has 1 aliphatic carbocycles. The molecule has 2 aliphatic heterocycles. The average Bonchev–Trinajstić information content (AvgIpc) is 2.35. The molecule has 3 rings (SSSR count). The van der Waals surface area contributed by atoms with E-state index < -0.39 is 0 Å². The molecule has 0 bridgehead atoms. The first-order valence-corrected chi connectivity index (χ1v) is 7.78. The molecule has 1 saturated carbocycles. The summed E-state index contributed by atoms with van der Waals surface area (Å²) in [4.78, 5) is 2.47. The van der Waals surface area contributed by atoms with Gasteiger partial charge in [0.1, 0.15) is 0 Å². The Bertz CT molecular complexity index is 272. The highest BCUT2D eigenvalue weighted by Gasteiger charge is 2.46. The van der Waals surface area contributed by atoms with Crippen molar-refractivity contribution in [3.63, 3.8) is 0 Å². The van der Waals surface area contributed by atoms with Crippen molar-refractivity contribution in [2.45, 2.75) is 44.6 Å². The maximum atomic E-state index is 5.62. The third-order valence-corrected chi connectivity index (χ3v) is 5.36. The smallest absolute Gasteiger partial charge is 0.0548 e. The van der Waals surface area contributed by atoms with Gasteiger partial charge in [0.15, 0.2) is 0 Å². The van der Waals surface area contributed by atoms with Crippen molar-refractivity contribution in [2.75, 3.05) is 39.9 Å². The SMILES string of the molecule is CN1CCNC(CC2(C3CCCCC3)COC2)C1. The lowest BCUT2D eigenvalue weighted by Crippen LogP contribution is -2.57. The Morgan fingerprint density at radius 3 is 2.61 bits per heavy atom. The van der Waals surface area contributed by atoms with Gasteiger partial charge in [0.05, 0.1) is 13.2 Å². The monoisotopic (exact) mass is 252 g/mol. The van der Waals surface area contributed by atoms with Crippen molar-refractivity contribution in [2.24, 2.45) is 11.3 Å². The van der Waals surface area contributed by atoms with Crippen molar-refractivity contribution < 1.29 is 4.74 Å². The molecule has 3 nitrogen and oxygen atoms in total. The molecule has 1 unspecified atom stereocenters. The molecule has 0 radical (unpaired) electrons. The van der Waals surface area contributed by atoms with Crippen molar-refractivity contribution in [3.8, 4) is 0 Å². The first-order valence-electron chi connectivity index (χ1n) is 7.78. The van der Waals surface area contributed by atoms with Crippen LogP contribution >= 0.6 is 0 Å². The zero-order valence-electron chi connectivity index (χ0n) is 11.8. The summed E-state index contributed by atoms with van der Waals surface area (Å²) in [6, 6.07) is 0.689. The highest BCUT2D eigenvalue weighted by Crippen LogP contribution is 2.47. The molecule has 0 aromatic carbocycles. The number of nitrogens with zero attached hydrogens (tertiary/aromatic N) is 1. The molecule has 1 atom stereocenters. The van der Waals surface area contributed by atoms with Crippen LogP contribution in [0.2, 0.25) is 0 Å². The Morgan fingerprint density at radius 2 is 2.00 bits per heavy atom. The molecule has 3 aliphatic rings. The van der Waals surface area contributed by atoms with E-state index >= 15 is 0 Å². The van der Waals surface area contributed by atoms with Gasteiger partial charge in [-0.2, -0.15) is 0 Å². The van der Waals surface area contributed by atoms with Gasteiger partial charge in [0, 0.05) is 31.1 Å². The fraction of sp³-hybridized carbons (Fsp3) is 1.00. The minimum atomic E-state index is 0.524. The molecular weight excluding hydrogens is 224 g/mol. The highest BCUT2D eigenvalue weighted by molar-refractivity contribution is 4.97. The molecule has 104 valence electrons. The Kier molecular flexibility index (Phi) is 3.92. The average molecular weight is 252 g/mol. The lowest BCUT2D eigenvalue weighted by molar-refractivity contribution is -0.161. The summed E-state index contributed by atoms with van der Waals surface area (Å²) in [5.41, 5.74) is 0.524. The van der Waals surface area contributed by atoms with Crippen molar-refractivity contribution in [1.29, 1.82) is 0 Å². The summed E-state index contributed by atoms with van der Waals surface area (Å²) in [5, 5.41) is 3.72. The molecule has 3 heteroatoms. The number of nitrogens with one attached hydrogen (secondary N) is 1. The highest BCUT2D eigenvalue weighted by atomic mass is 16.5. The zero-order chi connectivity index (χ0) is 12.4. The van der Waals surface area contributed by atoms with Gasteiger partial charge in [-0.1, -0.05) is 19.3 Å². The van der Waals surface area contributed by atoms with Crippen molar-refractivity contribution in [1.82, 2.24) is 10.2 Å². The first kappa shape index (κ1) is 12.9. The van der Waals surface area contributed by atoms with Crippen LogP contribution in [-0.2, 0) is 4.74 Å². The summed E-state index contributed by atoms with van der Waals surface area (Å²) in [6.45, 7) is 5.62. The topological polar surface area (TPSA) is 24.5 Å². The van der Waals surface area contributed by atoms with Crippen LogP contribution in [0.1, 0.15) is 38.5 Å². The van der Waals surface area contributed by atoms with Gasteiger partial charge in [0.25, 0.3) is 0 Å². The van der Waals surface area contributed by atoms with E-state index in [9.17, 15) is 0 Å². The van der Waals surface area contributed by atoms with Crippen molar-refractivity contribution in [3.05, 3.63) is 0 Å². The third kappa shape index (κ3) is 2.59. The fourth-order valence-electron chi connectivity index (χ4n) is 4.22. The van der Waals surface area contributed by atoms with E-state index in [4.69, 9.17) is 4.74 Å². The Hall–Kier alpha value is -0.120. The summed E-state index contributed by atoms with van der Waals surface area (Å²) in [7, 11) is 2.25. The van der Waals surface area contributed by atoms with E-state index in [1.165, 1.54) is 51.6 Å². The molecule has 18 heavy (non-hydrogen) atoms. The van der Waals surface area contributed by atoms with Crippen LogP contribution in [0.3, 0.4) is 0 Å². The molecular formula is C15H28N2O. The van der Waals surface area contributed by atoms with Crippen molar-refractivity contribution >= 4 is 0 Å². The molecule has 2 saturated heterocycles. The second-order valence-corrected chi connectivity index (χ2v) is 6.81. The molecule has 1 N–H and O–H groups in total. The number of piperazine rings is 1. The zero-order valence-corrected chi connectivity index (χ0v) is 11.8. The maximum Gasteiger partial charge on any atom is 0.0548 e. The predicted octanol–water partition coefficient (Wildman–Crippen LogP) is 1.88. The third-order valence-electron chi connectivity index (χ3n) is 5.36. The van der Waals surface area contributed by atoms with Crippen LogP contribution < -0.4 is 5.32 Å². The van der Waals surface area contributed by atoms with Crippen LogP contribution in [0.5, 0.6) is 0 Å². The van der Waals surface area contributed by atoms with E-state index in [1.54, 1.807) is 0 Å². The van der Waals surface area contributed by atoms with Gasteiger partial charge >= 0.3 is 0 Å². The van der Waals surface area contributed by atoms with Gasteiger partial charge < -0.3 is 15.0 Å². The van der Waals surface area contributed by atoms with E-state index in [-0.39, 0.29) is 0 Å². The molecule has 0 aromatic rings. The van der Waals surface area contributed by atoms with Gasteiger partial charge in [-0.15, -0.1) is 0 Å². The van der Waals surface area contributed by atoms with Gasteiger partial charge in [-0.05, 0) is 32.2 Å². The summed E-state index contributed by atoms with van der Waals surface area (Å²) in [6.07, 6.45) is 8.59. The Morgan fingerprint density at radius 1 is 1.22 bits per heavy atom. The van der Waals surface area contributed by atoms with Gasteiger partial charge in [0.2, 0.25) is 0 Å². The maximum absolute atomic E-state index is 5.62. The van der Waals surface area contributed by atoms with Crippen LogP contribution in [0.4, 0.5) is 0 Å². The number of ether oxygens (including phenoxy) is 1. The van der Waals surface area contributed by atoms with Gasteiger partial charge in [-0.25, -0.2) is 0 Å². The normalized spacial score (nSPS) is 34.2. The number of rotatable bonds is 3. The van der Waals surface area contributed by atoms with E-state index in [1.807, 2.05) is 0 Å². The number of likely N-dealkylation sites (N-methyl/N-ethyl adjacent to an activating group) is 1. The van der Waals surface area contributed by atoms with E-state index in [2.05, 4.69) is 17.3 Å². The molecule has 0 amide bonds. The first-order chi connectivity index (χ1) is 8.78. The molecule has 0 aromatic heterocycles. The van der Waals surface area contributed by atoms with Crippen LogP contribution in [0, 0.1) is 11.3 Å². The quantitative estimate of drug-likeness (QED) is 0.830. The van der Waals surface area contributed by atoms with Crippen LogP contribution in [0.25, 0.3) is 0 Å². The Balaban J connectivity index is 1.60. The molecule has 0 spiro atoms. The number of hydrogen-bond donors (Lipinski definition) is 1. The van der Waals surface area contributed by atoms with E-state index in [0.717, 1.165) is 25.7 Å². The lowest BCUT2D eigenvalue weighted by Gasteiger charge is -2.51. The minimum absolute atomic E-state index is 0.524. The lowest BCUT2D eigenvalue weighted by atomic mass is 9.64. The standard InChI is InChI=1S/C15H28N2O/c1-17-8-7-16-14(10-17)9-15(11-18-12-15)13-5-3-2-4-6-13/h13-14,16H,2-12H2,1H3. The van der Waals surface area contributed by atoms with E-state index in [0.29, 0.717) is 11.5 Å². The molecule has 2 heterocycles. The summed E-state index contributed by atoms with van der Waals surface area (Å²) < 4.78 is 5.62. The van der Waals surface area contributed by atoms with Crippen LogP contribution in [0.15, 0.2) is 0 Å². The largest absolute Gasteiger partial charge is 0.380 e. The predicted molar refractivity (Wildman–Crippen MR) is 73.7 cm³/mol. The summed E-state index contributed by atoms with van der Waals surface area (Å²) in [5.74, 6) is 0.939. The van der Waals surface area contributed by atoms with Crippen LogP contribution in [-0.4, -0.2) is 50.8 Å². The minimum Gasteiger partial charge on any atom is -0.380 e. The summed E-state index contributed by atoms with van der Waals surface area (Å²) >= 11 is 0. The second-order valence-electron chi connectivity index (χ2n) is 6.81. The molecule has 3 fully saturated rings. The fourth-order valence-corrected chi connectivity index (χ4v) is 4.22. The Labute approximate surface area is 111 Å². The number of hydrogen-bond acceptors (Lipinski definition) is 3. The second kappa shape index (κ2) is 5.48. The van der Waals surface area contributed by atoms with Gasteiger partial charge in [-0.3, -0.25) is 0 Å².